The van der Waals surface area contributed by atoms with Gasteiger partial charge in [0.25, 0.3) is 5.91 Å². The van der Waals surface area contributed by atoms with Crippen molar-refractivity contribution in [2.24, 2.45) is 0 Å². The van der Waals surface area contributed by atoms with E-state index >= 15 is 0 Å². The molecular formula is C17H15N3O3. The van der Waals surface area contributed by atoms with E-state index in [1.807, 2.05) is 43.4 Å². The van der Waals surface area contributed by atoms with Crippen molar-refractivity contribution in [1.82, 2.24) is 15.2 Å². The molecule has 0 fully saturated rings. The maximum atomic E-state index is 12.2. The molecule has 0 aliphatic carbocycles. The minimum absolute atomic E-state index is 0.0480. The van der Waals surface area contributed by atoms with Gasteiger partial charge in [-0.2, -0.15) is 0 Å². The second kappa shape index (κ2) is 5.39. The third-order valence-electron chi connectivity index (χ3n) is 4.12. The van der Waals surface area contributed by atoms with Crippen molar-refractivity contribution in [3.63, 3.8) is 0 Å². The standard InChI is InChI=1S/C17H15N3O3/c1-20-8-7-12-13(17(20)21)3-2-4-16(12)22-10-11-5-6-14-15(9-11)19-23-18-14/h2-6,9H,7-8,10H2,1H3. The predicted molar refractivity (Wildman–Crippen MR) is 83.2 cm³/mol. The second-order valence-electron chi connectivity index (χ2n) is 5.63. The number of fused-ring (bicyclic) bond motifs is 2. The van der Waals surface area contributed by atoms with Crippen LogP contribution in [-0.4, -0.2) is 34.7 Å². The molecule has 4 rings (SSSR count). The van der Waals surface area contributed by atoms with Crippen LogP contribution in [0.3, 0.4) is 0 Å². The van der Waals surface area contributed by atoms with Crippen LogP contribution < -0.4 is 4.74 Å². The minimum Gasteiger partial charge on any atom is -0.489 e. The maximum absolute atomic E-state index is 12.2. The van der Waals surface area contributed by atoms with E-state index in [1.54, 1.807) is 4.90 Å². The van der Waals surface area contributed by atoms with Gasteiger partial charge in [-0.25, -0.2) is 4.63 Å². The maximum Gasteiger partial charge on any atom is 0.254 e. The van der Waals surface area contributed by atoms with E-state index in [9.17, 15) is 4.79 Å². The highest BCUT2D eigenvalue weighted by atomic mass is 16.6. The average molecular weight is 309 g/mol. The van der Waals surface area contributed by atoms with Gasteiger partial charge in [0, 0.05) is 24.7 Å². The van der Waals surface area contributed by atoms with Crippen LogP contribution in [0.25, 0.3) is 11.0 Å². The van der Waals surface area contributed by atoms with Crippen LogP contribution in [0.15, 0.2) is 41.0 Å². The van der Waals surface area contributed by atoms with Gasteiger partial charge in [-0.15, -0.1) is 0 Å². The molecule has 1 aliphatic heterocycles. The van der Waals surface area contributed by atoms with E-state index in [4.69, 9.17) is 9.37 Å². The Labute approximate surface area is 132 Å². The summed E-state index contributed by atoms with van der Waals surface area (Å²) >= 11 is 0. The van der Waals surface area contributed by atoms with Crippen molar-refractivity contribution in [2.45, 2.75) is 13.0 Å². The molecule has 0 saturated heterocycles. The monoisotopic (exact) mass is 309 g/mol. The second-order valence-corrected chi connectivity index (χ2v) is 5.63. The molecule has 2 heterocycles. The van der Waals surface area contributed by atoms with Crippen LogP contribution in [0.4, 0.5) is 0 Å². The molecule has 0 spiro atoms. The Morgan fingerprint density at radius 3 is 3.00 bits per heavy atom. The zero-order chi connectivity index (χ0) is 15.8. The highest BCUT2D eigenvalue weighted by Gasteiger charge is 2.24. The first kappa shape index (κ1) is 13.8. The fraction of sp³-hybridized carbons (Fsp3) is 0.235. The van der Waals surface area contributed by atoms with Gasteiger partial charge in [0.2, 0.25) is 0 Å². The number of ether oxygens (including phenoxy) is 1. The van der Waals surface area contributed by atoms with Crippen LogP contribution in [0.5, 0.6) is 5.75 Å². The number of nitrogens with zero attached hydrogens (tertiary/aromatic N) is 3. The molecule has 2 aromatic carbocycles. The van der Waals surface area contributed by atoms with Gasteiger partial charge < -0.3 is 9.64 Å². The molecule has 3 aromatic rings. The number of likely N-dealkylation sites (N-methyl/N-ethyl adjacent to an activating group) is 1. The van der Waals surface area contributed by atoms with Crippen molar-refractivity contribution in [3.8, 4) is 5.75 Å². The van der Waals surface area contributed by atoms with Crippen LogP contribution in [0, 0.1) is 0 Å². The lowest BCUT2D eigenvalue weighted by molar-refractivity contribution is 0.0779. The summed E-state index contributed by atoms with van der Waals surface area (Å²) in [7, 11) is 1.82. The van der Waals surface area contributed by atoms with Gasteiger partial charge in [-0.1, -0.05) is 12.1 Å². The smallest absolute Gasteiger partial charge is 0.254 e. The van der Waals surface area contributed by atoms with Crippen LogP contribution in [0.2, 0.25) is 0 Å². The highest BCUT2D eigenvalue weighted by molar-refractivity contribution is 5.97. The number of hydrogen-bond acceptors (Lipinski definition) is 5. The molecule has 0 N–H and O–H groups in total. The van der Waals surface area contributed by atoms with Gasteiger partial charge in [0.05, 0.1) is 0 Å². The molecule has 6 heteroatoms. The third kappa shape index (κ3) is 2.42. The van der Waals surface area contributed by atoms with Gasteiger partial charge in [0.15, 0.2) is 0 Å². The zero-order valence-corrected chi connectivity index (χ0v) is 12.7. The van der Waals surface area contributed by atoms with Gasteiger partial charge in [-0.05, 0) is 46.6 Å². The Morgan fingerprint density at radius 1 is 1.22 bits per heavy atom. The molecule has 0 saturated carbocycles. The normalized spacial score (nSPS) is 14.1. The van der Waals surface area contributed by atoms with Crippen molar-refractivity contribution in [1.29, 1.82) is 0 Å². The number of rotatable bonds is 3. The third-order valence-corrected chi connectivity index (χ3v) is 4.12. The Morgan fingerprint density at radius 2 is 2.09 bits per heavy atom. The van der Waals surface area contributed by atoms with Gasteiger partial charge in [-0.3, -0.25) is 4.79 Å². The molecule has 6 nitrogen and oxygen atoms in total. The number of aromatic nitrogens is 2. The molecule has 116 valence electrons. The summed E-state index contributed by atoms with van der Waals surface area (Å²) in [5.74, 6) is 0.814. The fourth-order valence-corrected chi connectivity index (χ4v) is 2.82. The molecule has 0 unspecified atom stereocenters. The first-order valence-electron chi connectivity index (χ1n) is 7.44. The number of carbonyl (C=O) groups excluding carboxylic acids is 1. The van der Waals surface area contributed by atoms with E-state index in [1.165, 1.54) is 0 Å². The summed E-state index contributed by atoms with van der Waals surface area (Å²) in [5, 5.41) is 7.61. The van der Waals surface area contributed by atoms with E-state index < -0.39 is 0 Å². The molecule has 1 amide bonds. The van der Waals surface area contributed by atoms with Crippen LogP contribution >= 0.6 is 0 Å². The molecular weight excluding hydrogens is 294 g/mol. The summed E-state index contributed by atoms with van der Waals surface area (Å²) in [5.41, 5.74) is 4.12. The lowest BCUT2D eigenvalue weighted by atomic mass is 9.98. The number of hydrogen-bond donors (Lipinski definition) is 0. The fourth-order valence-electron chi connectivity index (χ4n) is 2.82. The zero-order valence-electron chi connectivity index (χ0n) is 12.7. The molecule has 0 radical (unpaired) electrons. The van der Waals surface area contributed by atoms with E-state index in [0.29, 0.717) is 18.7 Å². The highest BCUT2D eigenvalue weighted by Crippen LogP contribution is 2.28. The minimum atomic E-state index is 0.0480. The molecule has 0 bridgehead atoms. The van der Waals surface area contributed by atoms with E-state index in [0.717, 1.165) is 34.4 Å². The molecule has 0 atom stereocenters. The Hall–Kier alpha value is -2.89. The average Bonchev–Trinajstić information content (AvgIpc) is 3.04. The number of amides is 1. The van der Waals surface area contributed by atoms with Crippen molar-refractivity contribution in [3.05, 3.63) is 53.1 Å². The Balaban J connectivity index is 1.58. The summed E-state index contributed by atoms with van der Waals surface area (Å²) in [6.45, 7) is 1.12. The van der Waals surface area contributed by atoms with Gasteiger partial charge in [0.1, 0.15) is 23.4 Å². The molecule has 23 heavy (non-hydrogen) atoms. The predicted octanol–water partition coefficient (Wildman–Crippen LogP) is 2.43. The lowest BCUT2D eigenvalue weighted by Gasteiger charge is -2.26. The topological polar surface area (TPSA) is 68.5 Å². The van der Waals surface area contributed by atoms with Crippen LogP contribution in [0.1, 0.15) is 21.5 Å². The van der Waals surface area contributed by atoms with E-state index in [-0.39, 0.29) is 5.91 Å². The summed E-state index contributed by atoms with van der Waals surface area (Å²) in [6, 6.07) is 11.3. The van der Waals surface area contributed by atoms with Crippen LogP contribution in [-0.2, 0) is 13.0 Å². The molecule has 1 aliphatic rings. The Bertz CT molecular complexity index is 888. The van der Waals surface area contributed by atoms with Crippen molar-refractivity contribution >= 4 is 16.9 Å². The summed E-state index contributed by atoms with van der Waals surface area (Å²) in [4.78, 5) is 13.9. The largest absolute Gasteiger partial charge is 0.489 e. The number of carbonyl (C=O) groups is 1. The molecule has 1 aromatic heterocycles. The van der Waals surface area contributed by atoms with Crippen molar-refractivity contribution < 1.29 is 14.2 Å². The lowest BCUT2D eigenvalue weighted by Crippen LogP contribution is -2.34. The SMILES string of the molecule is CN1CCc2c(OCc3ccc4nonc4c3)cccc2C1=O. The first-order chi connectivity index (χ1) is 11.2. The summed E-state index contributed by atoms with van der Waals surface area (Å²) in [6.07, 6.45) is 0.806. The quantitative estimate of drug-likeness (QED) is 0.743. The summed E-state index contributed by atoms with van der Waals surface area (Å²) < 4.78 is 10.6. The van der Waals surface area contributed by atoms with Gasteiger partial charge >= 0.3 is 0 Å². The first-order valence-corrected chi connectivity index (χ1v) is 7.44. The number of benzene rings is 2. The van der Waals surface area contributed by atoms with Crippen molar-refractivity contribution in [2.75, 3.05) is 13.6 Å². The van der Waals surface area contributed by atoms with E-state index in [2.05, 4.69) is 10.3 Å². The Kier molecular flexibility index (Phi) is 3.22.